The molecule has 1 aromatic carbocycles. The smallest absolute Gasteiger partial charge is 0.410 e. The maximum absolute atomic E-state index is 12.3. The molecule has 0 N–H and O–H groups in total. The van der Waals surface area contributed by atoms with Crippen molar-refractivity contribution < 1.29 is 14.3 Å². The minimum absolute atomic E-state index is 0.348. The summed E-state index contributed by atoms with van der Waals surface area (Å²) in [5, 5.41) is 0.478. The van der Waals surface area contributed by atoms with E-state index in [1.54, 1.807) is 11.0 Å². The molecule has 138 valence electrons. The number of aromatic nitrogens is 2. The first-order chi connectivity index (χ1) is 12.2. The summed E-state index contributed by atoms with van der Waals surface area (Å²) >= 11 is 9.65. The summed E-state index contributed by atoms with van der Waals surface area (Å²) < 4.78 is 12.1. The zero-order chi connectivity index (χ0) is 18.9. The molecular formula is C18H19BrClN3O3. The lowest BCUT2D eigenvalue weighted by Crippen LogP contribution is -2.40. The van der Waals surface area contributed by atoms with Gasteiger partial charge in [0.15, 0.2) is 0 Å². The molecule has 1 aromatic heterocycles. The van der Waals surface area contributed by atoms with Gasteiger partial charge in [-0.1, -0.05) is 17.7 Å². The Kier molecular flexibility index (Phi) is 5.39. The lowest BCUT2D eigenvalue weighted by molar-refractivity contribution is 0.0219. The van der Waals surface area contributed by atoms with Crippen LogP contribution in [0.5, 0.6) is 11.6 Å². The van der Waals surface area contributed by atoms with Crippen LogP contribution in [0.4, 0.5) is 4.79 Å². The summed E-state index contributed by atoms with van der Waals surface area (Å²) in [4.78, 5) is 22.5. The summed E-state index contributed by atoms with van der Waals surface area (Å²) in [6.07, 6.45) is 1.66. The van der Waals surface area contributed by atoms with Crippen molar-refractivity contribution in [2.24, 2.45) is 0 Å². The maximum atomic E-state index is 12.3. The number of nitrogens with zero attached hydrogens (tertiary/aromatic N) is 3. The Balaban J connectivity index is 1.81. The largest absolute Gasteiger partial charge is 0.444 e. The molecular weight excluding hydrogens is 422 g/mol. The number of ether oxygens (including phenoxy) is 2. The molecule has 0 fully saturated rings. The average molecular weight is 441 g/mol. The van der Waals surface area contributed by atoms with E-state index in [1.807, 2.05) is 32.9 Å². The molecule has 2 heterocycles. The summed E-state index contributed by atoms with van der Waals surface area (Å²) in [7, 11) is 0. The van der Waals surface area contributed by atoms with Gasteiger partial charge in [-0.25, -0.2) is 14.8 Å². The second-order valence-electron chi connectivity index (χ2n) is 6.91. The zero-order valence-corrected chi connectivity index (χ0v) is 17.1. The van der Waals surface area contributed by atoms with E-state index in [1.165, 1.54) is 6.33 Å². The number of fused-ring (bicyclic) bond motifs is 1. The molecule has 0 aliphatic carbocycles. The molecule has 1 aliphatic rings. The maximum Gasteiger partial charge on any atom is 0.410 e. The average Bonchev–Trinajstić information content (AvgIpc) is 2.57. The van der Waals surface area contributed by atoms with Crippen LogP contribution < -0.4 is 4.74 Å². The number of hydrogen-bond acceptors (Lipinski definition) is 5. The van der Waals surface area contributed by atoms with E-state index in [9.17, 15) is 4.79 Å². The van der Waals surface area contributed by atoms with Crippen LogP contribution >= 0.6 is 27.5 Å². The first-order valence-corrected chi connectivity index (χ1v) is 9.34. The second-order valence-corrected chi connectivity index (χ2v) is 8.14. The van der Waals surface area contributed by atoms with Gasteiger partial charge in [0.2, 0.25) is 5.88 Å². The Bertz CT molecular complexity index is 839. The van der Waals surface area contributed by atoms with Crippen LogP contribution in [-0.2, 0) is 17.7 Å². The van der Waals surface area contributed by atoms with Crippen molar-refractivity contribution in [1.82, 2.24) is 14.9 Å². The molecule has 0 atom stereocenters. The Morgan fingerprint density at radius 3 is 2.81 bits per heavy atom. The summed E-state index contributed by atoms with van der Waals surface area (Å²) in [5.74, 6) is 0.968. The van der Waals surface area contributed by atoms with Crippen molar-refractivity contribution in [2.75, 3.05) is 6.54 Å². The van der Waals surface area contributed by atoms with Crippen molar-refractivity contribution in [3.8, 4) is 11.6 Å². The van der Waals surface area contributed by atoms with Gasteiger partial charge >= 0.3 is 6.09 Å². The third-order valence-corrected chi connectivity index (χ3v) is 5.02. The number of hydrogen-bond donors (Lipinski definition) is 0. The Labute approximate surface area is 165 Å². The molecule has 0 saturated carbocycles. The van der Waals surface area contributed by atoms with E-state index in [0.29, 0.717) is 36.2 Å². The molecule has 0 radical (unpaired) electrons. The van der Waals surface area contributed by atoms with Gasteiger partial charge in [-0.05, 0) is 55.3 Å². The highest BCUT2D eigenvalue weighted by molar-refractivity contribution is 9.10. The molecule has 26 heavy (non-hydrogen) atoms. The second kappa shape index (κ2) is 7.40. The SMILES string of the molecule is CC(C)(C)OC(=O)N1CCc2c(ncnc2Oc2cccc(Br)c2Cl)C1. The Morgan fingerprint density at radius 1 is 1.31 bits per heavy atom. The quantitative estimate of drug-likeness (QED) is 0.659. The summed E-state index contributed by atoms with van der Waals surface area (Å²) in [6.45, 7) is 6.41. The van der Waals surface area contributed by atoms with E-state index in [-0.39, 0.29) is 6.09 Å². The minimum Gasteiger partial charge on any atom is -0.444 e. The standard InChI is InChI=1S/C18H19BrClN3O3/c1-18(2,3)26-17(24)23-8-7-11-13(9-23)21-10-22-16(11)25-14-6-4-5-12(19)15(14)20/h4-6,10H,7-9H2,1-3H3. The fraction of sp³-hybridized carbons (Fsp3) is 0.389. The molecule has 6 nitrogen and oxygen atoms in total. The highest BCUT2D eigenvalue weighted by Crippen LogP contribution is 2.36. The zero-order valence-electron chi connectivity index (χ0n) is 14.8. The molecule has 0 saturated heterocycles. The van der Waals surface area contributed by atoms with E-state index < -0.39 is 5.60 Å². The van der Waals surface area contributed by atoms with E-state index in [0.717, 1.165) is 15.7 Å². The normalized spacial score (nSPS) is 14.0. The summed E-state index contributed by atoms with van der Waals surface area (Å²) in [6, 6.07) is 5.45. The molecule has 3 rings (SSSR count). The van der Waals surface area contributed by atoms with Crippen LogP contribution in [0.25, 0.3) is 0 Å². The van der Waals surface area contributed by atoms with Crippen molar-refractivity contribution in [3.05, 3.63) is 45.3 Å². The number of amides is 1. The number of benzene rings is 1. The van der Waals surface area contributed by atoms with Gasteiger partial charge in [0.05, 0.1) is 17.3 Å². The topological polar surface area (TPSA) is 64.5 Å². The van der Waals surface area contributed by atoms with E-state index in [2.05, 4.69) is 25.9 Å². The molecule has 8 heteroatoms. The van der Waals surface area contributed by atoms with Crippen LogP contribution in [0.3, 0.4) is 0 Å². The number of carbonyl (C=O) groups is 1. The number of halogens is 2. The lowest BCUT2D eigenvalue weighted by atomic mass is 10.1. The van der Waals surface area contributed by atoms with Gasteiger partial charge in [0.25, 0.3) is 0 Å². The molecule has 1 amide bonds. The molecule has 0 unspecified atom stereocenters. The fourth-order valence-corrected chi connectivity index (χ4v) is 3.07. The van der Waals surface area contributed by atoms with Crippen LogP contribution in [-0.4, -0.2) is 33.1 Å². The van der Waals surface area contributed by atoms with Crippen molar-refractivity contribution in [2.45, 2.75) is 39.3 Å². The van der Waals surface area contributed by atoms with Crippen LogP contribution in [0.15, 0.2) is 29.0 Å². The lowest BCUT2D eigenvalue weighted by Gasteiger charge is -2.30. The van der Waals surface area contributed by atoms with Gasteiger partial charge in [0.1, 0.15) is 17.7 Å². The van der Waals surface area contributed by atoms with Crippen LogP contribution in [0, 0.1) is 0 Å². The van der Waals surface area contributed by atoms with Gasteiger partial charge in [0, 0.05) is 16.6 Å². The fourth-order valence-electron chi connectivity index (χ4n) is 2.56. The molecule has 0 bridgehead atoms. The highest BCUT2D eigenvalue weighted by atomic mass is 79.9. The highest BCUT2D eigenvalue weighted by Gasteiger charge is 2.28. The Hall–Kier alpha value is -1.86. The van der Waals surface area contributed by atoms with Gasteiger partial charge in [-0.3, -0.25) is 0 Å². The first-order valence-electron chi connectivity index (χ1n) is 8.17. The van der Waals surface area contributed by atoms with Gasteiger partial charge in [-0.2, -0.15) is 0 Å². The van der Waals surface area contributed by atoms with Crippen molar-refractivity contribution >= 4 is 33.6 Å². The monoisotopic (exact) mass is 439 g/mol. The summed E-state index contributed by atoms with van der Waals surface area (Å²) in [5.41, 5.74) is 1.09. The van der Waals surface area contributed by atoms with E-state index in [4.69, 9.17) is 21.1 Å². The third kappa shape index (κ3) is 4.27. The predicted molar refractivity (Wildman–Crippen MR) is 102 cm³/mol. The van der Waals surface area contributed by atoms with Crippen molar-refractivity contribution in [1.29, 1.82) is 0 Å². The van der Waals surface area contributed by atoms with Gasteiger partial charge < -0.3 is 14.4 Å². The van der Waals surface area contributed by atoms with E-state index >= 15 is 0 Å². The first kappa shape index (κ1) is 18.9. The predicted octanol–water partition coefficient (Wildman–Crippen LogP) is 4.98. The number of carbonyl (C=O) groups excluding carboxylic acids is 1. The third-order valence-electron chi connectivity index (χ3n) is 3.74. The molecule has 1 aliphatic heterocycles. The van der Waals surface area contributed by atoms with Crippen LogP contribution in [0.1, 0.15) is 32.0 Å². The Morgan fingerprint density at radius 2 is 2.08 bits per heavy atom. The minimum atomic E-state index is -0.533. The van der Waals surface area contributed by atoms with Crippen molar-refractivity contribution in [3.63, 3.8) is 0 Å². The molecule has 0 spiro atoms. The van der Waals surface area contributed by atoms with Crippen LogP contribution in [0.2, 0.25) is 5.02 Å². The van der Waals surface area contributed by atoms with Gasteiger partial charge in [-0.15, -0.1) is 0 Å². The number of rotatable bonds is 2. The molecule has 2 aromatic rings.